The number of halogens is 2. The lowest BCUT2D eigenvalue weighted by molar-refractivity contribution is 0.0659. The second kappa shape index (κ2) is 9.65. The molecule has 0 bridgehead atoms. The van der Waals surface area contributed by atoms with Gasteiger partial charge in [0.15, 0.2) is 5.96 Å². The molecule has 0 spiro atoms. The van der Waals surface area contributed by atoms with Crippen molar-refractivity contribution in [1.82, 2.24) is 9.80 Å². The van der Waals surface area contributed by atoms with E-state index >= 15 is 0 Å². The van der Waals surface area contributed by atoms with Crippen molar-refractivity contribution in [3.8, 4) is 0 Å². The number of guanidine groups is 1. The highest BCUT2D eigenvalue weighted by Crippen LogP contribution is 2.22. The standard InChI is InChI=1S/C21H22ClN5O2.HI/c22-15-5-7-16(8-6-15)25-11-13-26(14-12-25)21(23)24-9-10-27-19(28)17-3-1-2-4-18(17)20(27)29;/h1-8H,9-14H2,(H2,23,24);1H. The summed E-state index contributed by atoms with van der Waals surface area (Å²) < 4.78 is 0. The van der Waals surface area contributed by atoms with E-state index in [-0.39, 0.29) is 48.9 Å². The molecule has 2 aliphatic heterocycles. The van der Waals surface area contributed by atoms with E-state index in [2.05, 4.69) is 9.89 Å². The summed E-state index contributed by atoms with van der Waals surface area (Å²) in [4.78, 5) is 34.7. The zero-order chi connectivity index (χ0) is 20.4. The second-order valence-electron chi connectivity index (χ2n) is 7.00. The Morgan fingerprint density at radius 1 is 0.933 bits per heavy atom. The number of imide groups is 1. The normalized spacial score (nSPS) is 16.6. The minimum Gasteiger partial charge on any atom is -0.370 e. The molecule has 0 radical (unpaired) electrons. The van der Waals surface area contributed by atoms with Gasteiger partial charge in [-0.1, -0.05) is 23.7 Å². The fourth-order valence-corrected chi connectivity index (χ4v) is 3.78. The molecule has 0 aromatic heterocycles. The van der Waals surface area contributed by atoms with Crippen molar-refractivity contribution in [3.05, 3.63) is 64.7 Å². The fraction of sp³-hybridized carbons (Fsp3) is 0.286. The first-order valence-corrected chi connectivity index (χ1v) is 9.93. The van der Waals surface area contributed by atoms with Crippen molar-refractivity contribution in [2.45, 2.75) is 0 Å². The summed E-state index contributed by atoms with van der Waals surface area (Å²) in [5.74, 6) is -0.0933. The summed E-state index contributed by atoms with van der Waals surface area (Å²) in [6, 6.07) is 14.7. The number of amides is 2. The number of anilines is 1. The molecule has 1 fully saturated rings. The molecule has 2 N–H and O–H groups in total. The lowest BCUT2D eigenvalue weighted by Crippen LogP contribution is -2.51. The summed E-state index contributed by atoms with van der Waals surface area (Å²) >= 11 is 5.95. The first-order valence-electron chi connectivity index (χ1n) is 9.55. The van der Waals surface area contributed by atoms with Crippen molar-refractivity contribution in [2.24, 2.45) is 10.7 Å². The maximum Gasteiger partial charge on any atom is 0.261 e. The minimum absolute atomic E-state index is 0. The minimum atomic E-state index is -0.268. The van der Waals surface area contributed by atoms with Crippen LogP contribution in [0.25, 0.3) is 0 Å². The number of nitrogens with zero attached hydrogens (tertiary/aromatic N) is 4. The Bertz CT molecular complexity index is 923. The number of hydrogen-bond acceptors (Lipinski definition) is 4. The van der Waals surface area contributed by atoms with Crippen LogP contribution in [0, 0.1) is 0 Å². The zero-order valence-electron chi connectivity index (χ0n) is 16.3. The Labute approximate surface area is 197 Å². The fourth-order valence-electron chi connectivity index (χ4n) is 3.65. The number of piperazine rings is 1. The number of fused-ring (bicyclic) bond motifs is 1. The Hall–Kier alpha value is -2.33. The quantitative estimate of drug-likeness (QED) is 0.280. The molecule has 9 heteroatoms. The van der Waals surface area contributed by atoms with Crippen LogP contribution in [0.4, 0.5) is 5.69 Å². The van der Waals surface area contributed by atoms with E-state index in [0.29, 0.717) is 17.1 Å². The Morgan fingerprint density at radius 2 is 1.50 bits per heavy atom. The Kier molecular flexibility index (Phi) is 7.19. The lowest BCUT2D eigenvalue weighted by atomic mass is 10.1. The SMILES string of the molecule is I.NC(=NCCN1C(=O)c2ccccc2C1=O)N1CCN(c2ccc(Cl)cc2)CC1. The largest absolute Gasteiger partial charge is 0.370 e. The van der Waals surface area contributed by atoms with Crippen LogP contribution in [0.3, 0.4) is 0 Å². The van der Waals surface area contributed by atoms with Gasteiger partial charge in [0.05, 0.1) is 17.7 Å². The van der Waals surface area contributed by atoms with Crippen LogP contribution in [0.15, 0.2) is 53.5 Å². The molecule has 0 unspecified atom stereocenters. The Balaban J connectivity index is 0.00000256. The van der Waals surface area contributed by atoms with Gasteiger partial charge in [-0.05, 0) is 36.4 Å². The third-order valence-corrected chi connectivity index (χ3v) is 5.52. The molecule has 2 amide bonds. The first-order chi connectivity index (χ1) is 14.0. The van der Waals surface area contributed by atoms with Gasteiger partial charge in [-0.25, -0.2) is 0 Å². The van der Waals surface area contributed by atoms with Crippen molar-refractivity contribution in [2.75, 3.05) is 44.2 Å². The number of nitrogens with two attached hydrogens (primary N) is 1. The summed E-state index contributed by atoms with van der Waals surface area (Å²) in [7, 11) is 0. The maximum absolute atomic E-state index is 12.4. The van der Waals surface area contributed by atoms with Crippen LogP contribution in [-0.4, -0.2) is 66.8 Å². The maximum atomic E-state index is 12.4. The molecule has 4 rings (SSSR count). The molecule has 0 aliphatic carbocycles. The number of rotatable bonds is 4. The Morgan fingerprint density at radius 3 is 2.07 bits per heavy atom. The van der Waals surface area contributed by atoms with Crippen LogP contribution in [-0.2, 0) is 0 Å². The average molecular weight is 540 g/mol. The third-order valence-electron chi connectivity index (χ3n) is 5.27. The van der Waals surface area contributed by atoms with E-state index in [4.69, 9.17) is 17.3 Å². The van der Waals surface area contributed by atoms with E-state index in [1.165, 1.54) is 4.90 Å². The lowest BCUT2D eigenvalue weighted by Gasteiger charge is -2.36. The predicted octanol–water partition coefficient (Wildman–Crippen LogP) is 2.69. The van der Waals surface area contributed by atoms with E-state index < -0.39 is 0 Å². The van der Waals surface area contributed by atoms with Gasteiger partial charge in [0.25, 0.3) is 11.8 Å². The van der Waals surface area contributed by atoms with Gasteiger partial charge in [-0.2, -0.15) is 0 Å². The molecular weight excluding hydrogens is 517 g/mol. The van der Waals surface area contributed by atoms with E-state index in [0.717, 1.165) is 36.9 Å². The molecule has 2 aromatic carbocycles. The van der Waals surface area contributed by atoms with Crippen molar-refractivity contribution in [3.63, 3.8) is 0 Å². The van der Waals surface area contributed by atoms with Crippen molar-refractivity contribution in [1.29, 1.82) is 0 Å². The van der Waals surface area contributed by atoms with Gasteiger partial charge in [0.1, 0.15) is 0 Å². The van der Waals surface area contributed by atoms with Crippen LogP contribution in [0.5, 0.6) is 0 Å². The zero-order valence-corrected chi connectivity index (χ0v) is 19.4. The first kappa shape index (κ1) is 22.4. The summed E-state index contributed by atoms with van der Waals surface area (Å²) in [6.45, 7) is 3.68. The van der Waals surface area contributed by atoms with Gasteiger partial charge >= 0.3 is 0 Å². The van der Waals surface area contributed by atoms with Gasteiger partial charge < -0.3 is 15.5 Å². The highest BCUT2D eigenvalue weighted by atomic mass is 127. The van der Waals surface area contributed by atoms with Gasteiger partial charge in [0, 0.05) is 43.4 Å². The molecule has 2 heterocycles. The monoisotopic (exact) mass is 539 g/mol. The molecular formula is C21H23ClIN5O2. The van der Waals surface area contributed by atoms with Gasteiger partial charge in [-0.3, -0.25) is 19.5 Å². The van der Waals surface area contributed by atoms with E-state index in [1.807, 2.05) is 29.2 Å². The average Bonchev–Trinajstić information content (AvgIpc) is 2.99. The van der Waals surface area contributed by atoms with Crippen LogP contribution in [0.2, 0.25) is 5.02 Å². The number of hydrogen-bond donors (Lipinski definition) is 1. The summed E-state index contributed by atoms with van der Waals surface area (Å²) in [5.41, 5.74) is 8.18. The number of aliphatic imine (C=N–C) groups is 1. The molecule has 2 aromatic rings. The highest BCUT2D eigenvalue weighted by Gasteiger charge is 2.34. The van der Waals surface area contributed by atoms with E-state index in [9.17, 15) is 9.59 Å². The van der Waals surface area contributed by atoms with E-state index in [1.54, 1.807) is 24.3 Å². The smallest absolute Gasteiger partial charge is 0.261 e. The van der Waals surface area contributed by atoms with Gasteiger partial charge in [-0.15, -0.1) is 24.0 Å². The van der Waals surface area contributed by atoms with Crippen LogP contribution < -0.4 is 10.6 Å². The molecule has 0 saturated carbocycles. The molecule has 158 valence electrons. The third kappa shape index (κ3) is 4.54. The highest BCUT2D eigenvalue weighted by molar-refractivity contribution is 14.0. The molecule has 30 heavy (non-hydrogen) atoms. The topological polar surface area (TPSA) is 82.2 Å². The van der Waals surface area contributed by atoms with Crippen molar-refractivity contribution >= 4 is 59.0 Å². The van der Waals surface area contributed by atoms with Crippen molar-refractivity contribution < 1.29 is 9.59 Å². The number of benzene rings is 2. The van der Waals surface area contributed by atoms with Crippen LogP contribution >= 0.6 is 35.6 Å². The molecule has 2 aliphatic rings. The van der Waals surface area contributed by atoms with Crippen LogP contribution in [0.1, 0.15) is 20.7 Å². The summed E-state index contributed by atoms with van der Waals surface area (Å²) in [6.07, 6.45) is 0. The molecule has 0 atom stereocenters. The molecule has 7 nitrogen and oxygen atoms in total. The summed E-state index contributed by atoms with van der Waals surface area (Å²) in [5, 5.41) is 0.724. The van der Waals surface area contributed by atoms with Gasteiger partial charge in [0.2, 0.25) is 0 Å². The molecule has 1 saturated heterocycles. The second-order valence-corrected chi connectivity index (χ2v) is 7.43. The number of carbonyl (C=O) groups excluding carboxylic acids is 2. The predicted molar refractivity (Wildman–Crippen MR) is 129 cm³/mol. The number of carbonyl (C=O) groups is 2.